The number of halogens is 3. The van der Waals surface area contributed by atoms with Crippen LogP contribution in [0.2, 0.25) is 0 Å². The van der Waals surface area contributed by atoms with Gasteiger partial charge in [0.2, 0.25) is 0 Å². The molecule has 3 rings (SSSR count). The highest BCUT2D eigenvalue weighted by atomic mass is 19.4. The van der Waals surface area contributed by atoms with Gasteiger partial charge in [-0.25, -0.2) is 0 Å². The molecule has 3 nitrogen and oxygen atoms in total. The minimum atomic E-state index is -4.29. The van der Waals surface area contributed by atoms with Crippen LogP contribution in [0, 0.1) is 0 Å². The van der Waals surface area contributed by atoms with E-state index in [9.17, 15) is 13.2 Å². The molecule has 22 heavy (non-hydrogen) atoms. The van der Waals surface area contributed by atoms with E-state index in [-0.39, 0.29) is 0 Å². The third-order valence-corrected chi connectivity index (χ3v) is 4.11. The Labute approximate surface area is 127 Å². The largest absolute Gasteiger partial charge is 0.416 e. The van der Waals surface area contributed by atoms with Crippen LogP contribution in [0.5, 0.6) is 0 Å². The zero-order chi connectivity index (χ0) is 15.6. The molecule has 118 valence electrons. The highest BCUT2D eigenvalue weighted by Crippen LogP contribution is 2.31. The Morgan fingerprint density at radius 1 is 1.09 bits per heavy atom. The lowest BCUT2D eigenvalue weighted by molar-refractivity contribution is -0.137. The molecule has 2 aromatic rings. The van der Waals surface area contributed by atoms with Crippen molar-refractivity contribution in [3.8, 4) is 0 Å². The molecule has 0 aliphatic heterocycles. The van der Waals surface area contributed by atoms with Crippen LogP contribution in [-0.2, 0) is 12.7 Å². The van der Waals surface area contributed by atoms with Crippen LogP contribution in [-0.4, -0.2) is 9.78 Å². The highest BCUT2D eigenvalue weighted by Gasteiger charge is 2.29. The predicted octanol–water partition coefficient (Wildman–Crippen LogP) is 4.63. The Morgan fingerprint density at radius 2 is 1.77 bits per heavy atom. The quantitative estimate of drug-likeness (QED) is 0.892. The van der Waals surface area contributed by atoms with Crippen molar-refractivity contribution >= 4 is 5.69 Å². The Balaban J connectivity index is 1.64. The van der Waals surface area contributed by atoms with E-state index in [1.165, 1.54) is 25.0 Å². The van der Waals surface area contributed by atoms with E-state index >= 15 is 0 Å². The molecule has 1 N–H and O–H groups in total. The lowest BCUT2D eigenvalue weighted by atomic mass is 10.2. The van der Waals surface area contributed by atoms with Crippen molar-refractivity contribution in [3.63, 3.8) is 0 Å². The minimum absolute atomic E-state index is 0.458. The molecule has 1 aliphatic carbocycles. The van der Waals surface area contributed by atoms with Gasteiger partial charge in [-0.15, -0.1) is 0 Å². The molecular formula is C16H18F3N3. The fourth-order valence-electron chi connectivity index (χ4n) is 2.93. The van der Waals surface area contributed by atoms with Crippen molar-refractivity contribution in [2.75, 3.05) is 5.32 Å². The summed E-state index contributed by atoms with van der Waals surface area (Å²) in [5, 5.41) is 7.55. The topological polar surface area (TPSA) is 29.9 Å². The molecule has 0 bridgehead atoms. The summed E-state index contributed by atoms with van der Waals surface area (Å²) in [5.74, 6) is 0. The normalized spacial score (nSPS) is 16.1. The van der Waals surface area contributed by atoms with Crippen molar-refractivity contribution in [2.24, 2.45) is 0 Å². The predicted molar refractivity (Wildman–Crippen MR) is 78.5 cm³/mol. The maximum absolute atomic E-state index is 12.5. The summed E-state index contributed by atoms with van der Waals surface area (Å²) in [6, 6.07) is 7.51. The lowest BCUT2D eigenvalue weighted by Crippen LogP contribution is -2.13. The first-order valence-corrected chi connectivity index (χ1v) is 7.47. The summed E-state index contributed by atoms with van der Waals surface area (Å²) in [4.78, 5) is 0. The molecule has 0 amide bonds. The monoisotopic (exact) mass is 309 g/mol. The van der Waals surface area contributed by atoms with Gasteiger partial charge in [0.1, 0.15) is 0 Å². The molecular weight excluding hydrogens is 291 g/mol. The van der Waals surface area contributed by atoms with E-state index in [1.807, 2.05) is 10.7 Å². The van der Waals surface area contributed by atoms with Crippen LogP contribution in [0.4, 0.5) is 18.9 Å². The molecule has 0 spiro atoms. The van der Waals surface area contributed by atoms with E-state index in [1.54, 1.807) is 6.20 Å². The van der Waals surface area contributed by atoms with E-state index < -0.39 is 11.7 Å². The summed E-state index contributed by atoms with van der Waals surface area (Å²) in [6.45, 7) is 0.557. The highest BCUT2D eigenvalue weighted by molar-refractivity contribution is 5.45. The number of benzene rings is 1. The third-order valence-electron chi connectivity index (χ3n) is 4.11. The molecule has 0 unspecified atom stereocenters. The van der Waals surface area contributed by atoms with E-state index in [2.05, 4.69) is 10.4 Å². The molecule has 0 saturated heterocycles. The van der Waals surface area contributed by atoms with Crippen LogP contribution in [0.1, 0.15) is 43.0 Å². The molecule has 0 radical (unpaired) electrons. The van der Waals surface area contributed by atoms with Crippen molar-refractivity contribution in [1.29, 1.82) is 0 Å². The molecule has 0 atom stereocenters. The molecule has 1 aromatic carbocycles. The summed E-state index contributed by atoms with van der Waals surface area (Å²) in [6.07, 6.45) is 2.25. The molecule has 1 heterocycles. The third kappa shape index (κ3) is 3.26. The van der Waals surface area contributed by atoms with E-state index in [0.29, 0.717) is 18.3 Å². The van der Waals surface area contributed by atoms with Gasteiger partial charge in [0.25, 0.3) is 0 Å². The molecule has 1 aromatic heterocycles. The number of nitrogens with one attached hydrogen (secondary N) is 1. The smallest absolute Gasteiger partial charge is 0.379 e. The Morgan fingerprint density at radius 3 is 2.41 bits per heavy atom. The summed E-state index contributed by atoms with van der Waals surface area (Å²) < 4.78 is 39.6. The second kappa shape index (κ2) is 6.02. The fourth-order valence-corrected chi connectivity index (χ4v) is 2.93. The minimum Gasteiger partial charge on any atom is -0.379 e. The van der Waals surface area contributed by atoms with Gasteiger partial charge < -0.3 is 5.32 Å². The average molecular weight is 309 g/mol. The van der Waals surface area contributed by atoms with Gasteiger partial charge in [-0.05, 0) is 43.2 Å². The number of alkyl halides is 3. The summed E-state index contributed by atoms with van der Waals surface area (Å²) in [7, 11) is 0. The van der Waals surface area contributed by atoms with Crippen molar-refractivity contribution in [1.82, 2.24) is 9.78 Å². The van der Waals surface area contributed by atoms with Crippen molar-refractivity contribution in [3.05, 3.63) is 47.8 Å². The number of hydrogen-bond donors (Lipinski definition) is 1. The maximum atomic E-state index is 12.5. The first-order valence-electron chi connectivity index (χ1n) is 7.47. The maximum Gasteiger partial charge on any atom is 0.416 e. The van der Waals surface area contributed by atoms with Crippen LogP contribution in [0.3, 0.4) is 0 Å². The summed E-state index contributed by atoms with van der Waals surface area (Å²) in [5.41, 5.74) is 1.10. The van der Waals surface area contributed by atoms with Crippen LogP contribution in [0.25, 0.3) is 0 Å². The fraction of sp³-hybridized carbons (Fsp3) is 0.438. The van der Waals surface area contributed by atoms with Gasteiger partial charge in [0.05, 0.1) is 23.8 Å². The molecule has 1 fully saturated rings. The van der Waals surface area contributed by atoms with Gasteiger partial charge >= 0.3 is 6.18 Å². The number of aromatic nitrogens is 2. The number of anilines is 1. The average Bonchev–Trinajstić information content (AvgIpc) is 3.15. The van der Waals surface area contributed by atoms with E-state index in [0.717, 1.165) is 30.7 Å². The van der Waals surface area contributed by atoms with Gasteiger partial charge in [0.15, 0.2) is 0 Å². The second-order valence-electron chi connectivity index (χ2n) is 5.63. The first kappa shape index (κ1) is 14.9. The van der Waals surface area contributed by atoms with Gasteiger partial charge in [-0.3, -0.25) is 4.68 Å². The molecule has 6 heteroatoms. The van der Waals surface area contributed by atoms with Gasteiger partial charge in [-0.2, -0.15) is 18.3 Å². The number of nitrogens with zero attached hydrogens (tertiary/aromatic N) is 2. The van der Waals surface area contributed by atoms with Crippen molar-refractivity contribution < 1.29 is 13.2 Å². The Bertz CT molecular complexity index is 610. The zero-order valence-corrected chi connectivity index (χ0v) is 12.1. The molecule has 1 saturated carbocycles. The molecule has 1 aliphatic rings. The first-order chi connectivity index (χ1) is 10.5. The number of hydrogen-bond acceptors (Lipinski definition) is 2. The van der Waals surface area contributed by atoms with E-state index in [4.69, 9.17) is 0 Å². The van der Waals surface area contributed by atoms with Gasteiger partial charge in [0, 0.05) is 11.9 Å². The lowest BCUT2D eigenvalue weighted by Gasteiger charge is -2.15. The van der Waals surface area contributed by atoms with Crippen LogP contribution >= 0.6 is 0 Å². The Kier molecular flexibility index (Phi) is 4.09. The van der Waals surface area contributed by atoms with Crippen molar-refractivity contribution in [2.45, 2.75) is 44.4 Å². The van der Waals surface area contributed by atoms with Crippen LogP contribution < -0.4 is 5.32 Å². The van der Waals surface area contributed by atoms with Gasteiger partial charge in [-0.1, -0.05) is 12.8 Å². The standard InChI is InChI=1S/C16H18F3N3/c17-16(18,19)12-5-7-13(8-6-12)20-11-15-9-10-21-22(15)14-3-1-2-4-14/h5-10,14,20H,1-4,11H2. The Hall–Kier alpha value is -1.98. The zero-order valence-electron chi connectivity index (χ0n) is 12.1. The SMILES string of the molecule is FC(F)(F)c1ccc(NCc2ccnn2C2CCCC2)cc1. The van der Waals surface area contributed by atoms with Crippen LogP contribution in [0.15, 0.2) is 36.5 Å². The second-order valence-corrected chi connectivity index (χ2v) is 5.63. The number of rotatable bonds is 4. The summed E-state index contributed by atoms with van der Waals surface area (Å²) >= 11 is 0.